The van der Waals surface area contributed by atoms with Gasteiger partial charge in [0.05, 0.1) is 6.07 Å². The second-order valence-corrected chi connectivity index (χ2v) is 2.89. The highest BCUT2D eigenvalue weighted by atomic mass is 16.1. The van der Waals surface area contributed by atoms with Gasteiger partial charge in [0, 0.05) is 12.1 Å². The van der Waals surface area contributed by atoms with Crippen LogP contribution < -0.4 is 5.73 Å². The highest BCUT2D eigenvalue weighted by molar-refractivity contribution is 5.90. The third kappa shape index (κ3) is 2.87. The van der Waals surface area contributed by atoms with Crippen molar-refractivity contribution in [2.24, 2.45) is 5.73 Å². The second-order valence-electron chi connectivity index (χ2n) is 2.89. The number of amides is 1. The van der Waals surface area contributed by atoms with Crippen molar-refractivity contribution in [3.05, 3.63) is 29.6 Å². The lowest BCUT2D eigenvalue weighted by Crippen LogP contribution is -2.13. The lowest BCUT2D eigenvalue weighted by Gasteiger charge is -1.99. The van der Waals surface area contributed by atoms with E-state index in [-0.39, 0.29) is 5.69 Å². The molecule has 0 saturated carbocycles. The molecule has 1 heterocycles. The normalized spacial score (nSPS) is 9.36. The maximum absolute atomic E-state index is 10.8. The lowest BCUT2D eigenvalue weighted by molar-refractivity contribution is 0.0995. The third-order valence-corrected chi connectivity index (χ3v) is 1.78. The number of hydrogen-bond donors (Lipinski definition) is 1. The predicted octanol–water partition coefficient (Wildman–Crippen LogP) is 1.03. The zero-order valence-corrected chi connectivity index (χ0v) is 7.73. The molecule has 0 unspecified atom stereocenters. The molecule has 4 heteroatoms. The highest BCUT2D eigenvalue weighted by Crippen LogP contribution is 2.03. The molecule has 0 aliphatic rings. The van der Waals surface area contributed by atoms with Crippen LogP contribution in [0.2, 0.25) is 0 Å². The number of carbonyl (C=O) groups excluding carboxylic acids is 1. The number of unbranched alkanes of at least 4 members (excludes halogenated alkanes) is 1. The Kier molecular flexibility index (Phi) is 3.62. The SMILES string of the molecule is N#CCCCc1cccc(C(N)=O)n1. The first kappa shape index (κ1) is 10.2. The summed E-state index contributed by atoms with van der Waals surface area (Å²) in [6.07, 6.45) is 1.96. The summed E-state index contributed by atoms with van der Waals surface area (Å²) in [5, 5.41) is 8.34. The fraction of sp³-hybridized carbons (Fsp3) is 0.300. The molecular weight excluding hydrogens is 178 g/mol. The largest absolute Gasteiger partial charge is 0.364 e. The van der Waals surface area contributed by atoms with Gasteiger partial charge in [-0.25, -0.2) is 4.98 Å². The Labute approximate surface area is 82.4 Å². The van der Waals surface area contributed by atoms with E-state index < -0.39 is 5.91 Å². The van der Waals surface area contributed by atoms with Crippen molar-refractivity contribution in [3.63, 3.8) is 0 Å². The van der Waals surface area contributed by atoms with Gasteiger partial charge in [0.15, 0.2) is 0 Å². The van der Waals surface area contributed by atoms with Gasteiger partial charge in [-0.2, -0.15) is 5.26 Å². The Morgan fingerprint density at radius 1 is 1.57 bits per heavy atom. The average molecular weight is 189 g/mol. The number of nitrogens with zero attached hydrogens (tertiary/aromatic N) is 2. The molecule has 0 bridgehead atoms. The van der Waals surface area contributed by atoms with Crippen molar-refractivity contribution in [1.82, 2.24) is 4.98 Å². The van der Waals surface area contributed by atoms with E-state index in [2.05, 4.69) is 11.1 Å². The zero-order valence-electron chi connectivity index (χ0n) is 7.73. The third-order valence-electron chi connectivity index (χ3n) is 1.78. The second kappa shape index (κ2) is 4.97. The van der Waals surface area contributed by atoms with Gasteiger partial charge >= 0.3 is 0 Å². The van der Waals surface area contributed by atoms with Crippen molar-refractivity contribution in [2.45, 2.75) is 19.3 Å². The molecular formula is C10H11N3O. The molecule has 1 aromatic heterocycles. The van der Waals surface area contributed by atoms with Crippen LogP contribution in [-0.2, 0) is 6.42 Å². The molecule has 0 radical (unpaired) electrons. The average Bonchev–Trinajstić information content (AvgIpc) is 2.19. The van der Waals surface area contributed by atoms with Crippen LogP contribution in [0.25, 0.3) is 0 Å². The number of carbonyl (C=O) groups is 1. The fourth-order valence-corrected chi connectivity index (χ4v) is 1.10. The van der Waals surface area contributed by atoms with Gasteiger partial charge in [0.1, 0.15) is 5.69 Å². The Bertz CT molecular complexity index is 368. The summed E-state index contributed by atoms with van der Waals surface area (Å²) in [7, 11) is 0. The smallest absolute Gasteiger partial charge is 0.267 e. The van der Waals surface area contributed by atoms with E-state index in [4.69, 9.17) is 11.0 Å². The summed E-state index contributed by atoms with van der Waals surface area (Å²) < 4.78 is 0. The minimum Gasteiger partial charge on any atom is -0.364 e. The van der Waals surface area contributed by atoms with Crippen molar-refractivity contribution < 1.29 is 4.79 Å². The lowest BCUT2D eigenvalue weighted by atomic mass is 10.2. The van der Waals surface area contributed by atoms with Gasteiger partial charge in [0.25, 0.3) is 5.91 Å². The zero-order chi connectivity index (χ0) is 10.4. The molecule has 0 spiro atoms. The van der Waals surface area contributed by atoms with Gasteiger partial charge in [-0.15, -0.1) is 0 Å². The van der Waals surface area contributed by atoms with Gasteiger partial charge in [0.2, 0.25) is 0 Å². The monoisotopic (exact) mass is 189 g/mol. The molecule has 0 atom stereocenters. The number of pyridine rings is 1. The van der Waals surface area contributed by atoms with Crippen LogP contribution >= 0.6 is 0 Å². The minimum absolute atomic E-state index is 0.277. The topological polar surface area (TPSA) is 79.8 Å². The summed E-state index contributed by atoms with van der Waals surface area (Å²) in [6.45, 7) is 0. The first-order valence-electron chi connectivity index (χ1n) is 4.36. The maximum atomic E-state index is 10.8. The van der Waals surface area contributed by atoms with Crippen molar-refractivity contribution in [2.75, 3.05) is 0 Å². The Morgan fingerprint density at radius 2 is 2.36 bits per heavy atom. The number of nitrogens with two attached hydrogens (primary N) is 1. The maximum Gasteiger partial charge on any atom is 0.267 e. The van der Waals surface area contributed by atoms with E-state index in [9.17, 15) is 4.79 Å². The van der Waals surface area contributed by atoms with Gasteiger partial charge in [-0.1, -0.05) is 6.07 Å². The number of hydrogen-bond acceptors (Lipinski definition) is 3. The molecule has 0 fully saturated rings. The first-order chi connectivity index (χ1) is 6.74. The minimum atomic E-state index is -0.521. The number of rotatable bonds is 4. The summed E-state index contributed by atoms with van der Waals surface area (Å²) in [6, 6.07) is 7.20. The van der Waals surface area contributed by atoms with Crippen molar-refractivity contribution >= 4 is 5.91 Å². The summed E-state index contributed by atoms with van der Waals surface area (Å²) in [5.74, 6) is -0.521. The Hall–Kier alpha value is -1.89. The Balaban J connectivity index is 2.65. The van der Waals surface area contributed by atoms with Crippen molar-refractivity contribution in [3.8, 4) is 6.07 Å². The molecule has 1 aromatic rings. The van der Waals surface area contributed by atoms with Gasteiger partial charge < -0.3 is 5.73 Å². The van der Waals surface area contributed by atoms with Crippen LogP contribution in [-0.4, -0.2) is 10.9 Å². The number of aryl methyl sites for hydroxylation is 1. The van der Waals surface area contributed by atoms with E-state index in [1.807, 2.05) is 6.07 Å². The molecule has 1 amide bonds. The fourth-order valence-electron chi connectivity index (χ4n) is 1.10. The van der Waals surface area contributed by atoms with Gasteiger partial charge in [-0.05, 0) is 25.0 Å². The number of nitriles is 1. The molecule has 14 heavy (non-hydrogen) atoms. The standard InChI is InChI=1S/C10H11N3O/c11-7-2-1-4-8-5-3-6-9(13-8)10(12)14/h3,5-6H,1-2,4H2,(H2,12,14). The molecule has 0 aliphatic heterocycles. The molecule has 72 valence electrons. The summed E-state index contributed by atoms with van der Waals surface area (Å²) in [4.78, 5) is 14.9. The van der Waals surface area contributed by atoms with Crippen LogP contribution in [0, 0.1) is 11.3 Å². The van der Waals surface area contributed by atoms with Crippen LogP contribution in [0.15, 0.2) is 18.2 Å². The van der Waals surface area contributed by atoms with Crippen molar-refractivity contribution in [1.29, 1.82) is 5.26 Å². The Morgan fingerprint density at radius 3 is 3.00 bits per heavy atom. The number of aromatic nitrogens is 1. The first-order valence-corrected chi connectivity index (χ1v) is 4.36. The van der Waals surface area contributed by atoms with E-state index in [0.717, 1.165) is 12.1 Å². The summed E-state index contributed by atoms with van der Waals surface area (Å²) >= 11 is 0. The van der Waals surface area contributed by atoms with Crippen LogP contribution in [0.4, 0.5) is 0 Å². The van der Waals surface area contributed by atoms with Crippen LogP contribution in [0.1, 0.15) is 29.0 Å². The van der Waals surface area contributed by atoms with E-state index in [0.29, 0.717) is 12.8 Å². The molecule has 0 saturated heterocycles. The molecule has 1 rings (SSSR count). The summed E-state index contributed by atoms with van der Waals surface area (Å²) in [5.41, 5.74) is 6.16. The number of primary amides is 1. The highest BCUT2D eigenvalue weighted by Gasteiger charge is 2.02. The van der Waals surface area contributed by atoms with Crippen LogP contribution in [0.5, 0.6) is 0 Å². The van der Waals surface area contributed by atoms with E-state index >= 15 is 0 Å². The quantitative estimate of drug-likeness (QED) is 0.718. The molecule has 0 aromatic carbocycles. The van der Waals surface area contributed by atoms with E-state index in [1.54, 1.807) is 12.1 Å². The molecule has 4 nitrogen and oxygen atoms in total. The predicted molar refractivity (Wildman–Crippen MR) is 51.3 cm³/mol. The van der Waals surface area contributed by atoms with E-state index in [1.165, 1.54) is 0 Å². The molecule has 2 N–H and O–H groups in total. The van der Waals surface area contributed by atoms with Gasteiger partial charge in [-0.3, -0.25) is 4.79 Å². The van der Waals surface area contributed by atoms with Crippen LogP contribution in [0.3, 0.4) is 0 Å². The molecule has 0 aliphatic carbocycles.